The van der Waals surface area contributed by atoms with Gasteiger partial charge in [0.15, 0.2) is 23.9 Å². The molecule has 1 aromatic heterocycles. The van der Waals surface area contributed by atoms with E-state index in [1.54, 1.807) is 16.8 Å². The maximum absolute atomic E-state index is 12.1. The van der Waals surface area contributed by atoms with Gasteiger partial charge in [0.05, 0.1) is 13.7 Å². The monoisotopic (exact) mass is 475 g/mol. The van der Waals surface area contributed by atoms with E-state index in [1.165, 1.54) is 7.11 Å². The van der Waals surface area contributed by atoms with Crippen LogP contribution >= 0.6 is 23.8 Å². The van der Waals surface area contributed by atoms with E-state index >= 15 is 0 Å². The lowest BCUT2D eigenvalue weighted by Gasteiger charge is -2.21. The van der Waals surface area contributed by atoms with E-state index < -0.39 is 0 Å². The highest BCUT2D eigenvalue weighted by Gasteiger charge is 2.17. The summed E-state index contributed by atoms with van der Waals surface area (Å²) in [6.07, 6.45) is 0. The van der Waals surface area contributed by atoms with Crippen molar-refractivity contribution >= 4 is 29.7 Å². The van der Waals surface area contributed by atoms with Crippen LogP contribution in [0.2, 0.25) is 5.02 Å². The second-order valence-electron chi connectivity index (χ2n) is 8.07. The fourth-order valence-corrected chi connectivity index (χ4v) is 3.39. The van der Waals surface area contributed by atoms with Crippen molar-refractivity contribution in [1.82, 2.24) is 20.2 Å². The molecule has 10 heteroatoms. The first-order valence-corrected chi connectivity index (χ1v) is 10.7. The van der Waals surface area contributed by atoms with Crippen LogP contribution in [0.15, 0.2) is 42.5 Å². The van der Waals surface area contributed by atoms with Gasteiger partial charge < -0.3 is 20.2 Å². The van der Waals surface area contributed by atoms with E-state index in [1.807, 2.05) is 51.1 Å². The minimum Gasteiger partial charge on any atom is -0.493 e. The molecule has 0 unspecified atom stereocenters. The van der Waals surface area contributed by atoms with Crippen molar-refractivity contribution < 1.29 is 14.3 Å². The number of nitrogens with zero attached hydrogens (tertiary/aromatic N) is 2. The number of rotatable bonds is 8. The molecular weight excluding hydrogens is 450 g/mol. The summed E-state index contributed by atoms with van der Waals surface area (Å²) in [4.78, 5) is 12.1. The molecule has 170 valence electrons. The SMILES string of the molecule is COc1cc(CNn2c(-c3ccccc3)n[nH]c2=S)c(Cl)cc1OCC(=O)NC(C)(C)C. The second-order valence-corrected chi connectivity index (χ2v) is 8.86. The van der Waals surface area contributed by atoms with Gasteiger partial charge in [0.25, 0.3) is 5.91 Å². The summed E-state index contributed by atoms with van der Waals surface area (Å²) in [7, 11) is 1.53. The average molecular weight is 476 g/mol. The smallest absolute Gasteiger partial charge is 0.258 e. The van der Waals surface area contributed by atoms with Gasteiger partial charge in [0, 0.05) is 22.2 Å². The van der Waals surface area contributed by atoms with Gasteiger partial charge in [0.2, 0.25) is 4.77 Å². The Morgan fingerprint density at radius 2 is 1.94 bits per heavy atom. The summed E-state index contributed by atoms with van der Waals surface area (Å²) < 4.78 is 13.2. The van der Waals surface area contributed by atoms with E-state index in [2.05, 4.69) is 20.9 Å². The molecule has 3 rings (SSSR count). The highest BCUT2D eigenvalue weighted by Crippen LogP contribution is 2.33. The highest BCUT2D eigenvalue weighted by atomic mass is 35.5. The largest absolute Gasteiger partial charge is 0.493 e. The first-order valence-electron chi connectivity index (χ1n) is 9.95. The maximum atomic E-state index is 12.1. The Hall–Kier alpha value is -3.04. The number of benzene rings is 2. The van der Waals surface area contributed by atoms with Gasteiger partial charge >= 0.3 is 0 Å². The van der Waals surface area contributed by atoms with Crippen LogP contribution < -0.4 is 20.2 Å². The van der Waals surface area contributed by atoms with Crippen molar-refractivity contribution in [3.05, 3.63) is 57.8 Å². The molecule has 3 N–H and O–H groups in total. The predicted molar refractivity (Wildman–Crippen MR) is 127 cm³/mol. The summed E-state index contributed by atoms with van der Waals surface area (Å²) in [5.74, 6) is 1.27. The number of nitrogens with one attached hydrogen (secondary N) is 3. The number of carbonyl (C=O) groups is 1. The summed E-state index contributed by atoms with van der Waals surface area (Å²) in [5, 5.41) is 10.4. The van der Waals surface area contributed by atoms with E-state index in [-0.39, 0.29) is 18.1 Å². The molecule has 32 heavy (non-hydrogen) atoms. The molecular formula is C22H26ClN5O3S. The van der Waals surface area contributed by atoms with Crippen LogP contribution in [-0.4, -0.2) is 40.0 Å². The molecule has 3 aromatic rings. The minimum atomic E-state index is -0.343. The van der Waals surface area contributed by atoms with Gasteiger partial charge in [-0.05, 0) is 44.6 Å². The lowest BCUT2D eigenvalue weighted by Crippen LogP contribution is -2.43. The lowest BCUT2D eigenvalue weighted by molar-refractivity contribution is -0.124. The normalized spacial score (nSPS) is 11.2. The topological polar surface area (TPSA) is 93.2 Å². The minimum absolute atomic E-state index is 0.147. The standard InChI is InChI=1S/C22H26ClN5O3S/c1-22(2,3)25-19(29)13-31-18-11-16(23)15(10-17(18)30-4)12-24-28-20(26-27-21(28)32)14-8-6-5-7-9-14/h5-11,24H,12-13H2,1-4H3,(H,25,29)(H,27,32). The number of ether oxygens (including phenoxy) is 2. The van der Waals surface area contributed by atoms with Crippen LogP contribution in [0.25, 0.3) is 11.4 Å². The van der Waals surface area contributed by atoms with Crippen LogP contribution in [0, 0.1) is 4.77 Å². The summed E-state index contributed by atoms with van der Waals surface area (Å²) in [5.41, 5.74) is 4.57. The maximum Gasteiger partial charge on any atom is 0.258 e. The van der Waals surface area contributed by atoms with E-state index in [9.17, 15) is 4.79 Å². The van der Waals surface area contributed by atoms with Crippen molar-refractivity contribution in [2.24, 2.45) is 0 Å². The number of hydrogen-bond acceptors (Lipinski definition) is 6. The Labute approximate surface area is 196 Å². The molecule has 8 nitrogen and oxygen atoms in total. The Balaban J connectivity index is 1.75. The number of methoxy groups -OCH3 is 1. The van der Waals surface area contributed by atoms with Crippen molar-refractivity contribution in [1.29, 1.82) is 0 Å². The van der Waals surface area contributed by atoms with Gasteiger partial charge in [0.1, 0.15) is 0 Å². The molecule has 0 fully saturated rings. The van der Waals surface area contributed by atoms with Crippen LogP contribution in [0.3, 0.4) is 0 Å². The fraction of sp³-hybridized carbons (Fsp3) is 0.318. The highest BCUT2D eigenvalue weighted by molar-refractivity contribution is 7.71. The molecule has 0 atom stereocenters. The molecule has 0 aliphatic carbocycles. The van der Waals surface area contributed by atoms with E-state index in [4.69, 9.17) is 33.3 Å². The number of amides is 1. The predicted octanol–water partition coefficient (Wildman–Crippen LogP) is 4.31. The zero-order valence-corrected chi connectivity index (χ0v) is 19.9. The molecule has 1 amide bonds. The number of aromatic nitrogens is 3. The first kappa shape index (κ1) is 23.6. The first-order chi connectivity index (χ1) is 15.2. The molecule has 0 aliphatic rings. The van der Waals surface area contributed by atoms with Crippen molar-refractivity contribution in [3.8, 4) is 22.9 Å². The quantitative estimate of drug-likeness (QED) is 0.420. The van der Waals surface area contributed by atoms with Gasteiger partial charge in [-0.1, -0.05) is 41.9 Å². The molecule has 2 aromatic carbocycles. The molecule has 0 aliphatic heterocycles. The summed E-state index contributed by atoms with van der Waals surface area (Å²) in [6, 6.07) is 13.1. The molecule has 1 heterocycles. The Bertz CT molecular complexity index is 1140. The number of H-pyrrole nitrogens is 1. The van der Waals surface area contributed by atoms with Crippen LogP contribution in [0.1, 0.15) is 26.3 Å². The molecule has 0 radical (unpaired) electrons. The fourth-order valence-electron chi connectivity index (χ4n) is 2.97. The number of aromatic amines is 1. The molecule has 0 saturated carbocycles. The number of carbonyl (C=O) groups excluding carboxylic acids is 1. The van der Waals surface area contributed by atoms with Gasteiger partial charge in [-0.2, -0.15) is 5.10 Å². The third kappa shape index (κ3) is 6.02. The number of hydrogen-bond donors (Lipinski definition) is 3. The van der Waals surface area contributed by atoms with Crippen LogP contribution in [0.5, 0.6) is 11.5 Å². The zero-order chi connectivity index (χ0) is 23.3. The second kappa shape index (κ2) is 10.1. The zero-order valence-electron chi connectivity index (χ0n) is 18.4. The Kier molecular flexibility index (Phi) is 7.42. The third-order valence-corrected chi connectivity index (χ3v) is 4.96. The van der Waals surface area contributed by atoms with Crippen LogP contribution in [-0.2, 0) is 11.3 Å². The van der Waals surface area contributed by atoms with Gasteiger partial charge in [-0.15, -0.1) is 0 Å². The van der Waals surface area contributed by atoms with Gasteiger partial charge in [-0.3, -0.25) is 4.79 Å². The van der Waals surface area contributed by atoms with E-state index in [0.717, 1.165) is 11.1 Å². The lowest BCUT2D eigenvalue weighted by atomic mass is 10.1. The molecule has 0 saturated heterocycles. The molecule has 0 spiro atoms. The number of halogens is 1. The van der Waals surface area contributed by atoms with Crippen molar-refractivity contribution in [2.45, 2.75) is 32.9 Å². The van der Waals surface area contributed by atoms with E-state index in [0.29, 0.717) is 33.7 Å². The van der Waals surface area contributed by atoms with Crippen molar-refractivity contribution in [3.63, 3.8) is 0 Å². The molecule has 0 bridgehead atoms. The third-order valence-electron chi connectivity index (χ3n) is 4.34. The van der Waals surface area contributed by atoms with Gasteiger partial charge in [-0.25, -0.2) is 9.77 Å². The Morgan fingerprint density at radius 3 is 2.59 bits per heavy atom. The Morgan fingerprint density at radius 1 is 1.22 bits per heavy atom. The summed E-state index contributed by atoms with van der Waals surface area (Å²) in [6.45, 7) is 5.92. The van der Waals surface area contributed by atoms with Crippen LogP contribution in [0.4, 0.5) is 0 Å². The van der Waals surface area contributed by atoms with Crippen molar-refractivity contribution in [2.75, 3.05) is 19.1 Å². The summed E-state index contributed by atoms with van der Waals surface area (Å²) >= 11 is 11.8. The average Bonchev–Trinajstić information content (AvgIpc) is 3.11.